The van der Waals surface area contributed by atoms with E-state index in [-0.39, 0.29) is 35.8 Å². The molecule has 2 aliphatic rings. The van der Waals surface area contributed by atoms with Gasteiger partial charge in [0.05, 0.1) is 13.0 Å². The van der Waals surface area contributed by atoms with Crippen molar-refractivity contribution < 1.29 is 19.1 Å². The molecule has 0 aromatic rings. The van der Waals surface area contributed by atoms with Gasteiger partial charge in [-0.2, -0.15) is 0 Å². The van der Waals surface area contributed by atoms with Crippen LogP contribution >= 0.6 is 12.4 Å². The summed E-state index contributed by atoms with van der Waals surface area (Å²) >= 11 is 0. The lowest BCUT2D eigenvalue weighted by atomic mass is 9.71. The van der Waals surface area contributed by atoms with Gasteiger partial charge in [0.25, 0.3) is 0 Å². The summed E-state index contributed by atoms with van der Waals surface area (Å²) in [6, 6.07) is 0. The molecule has 2 rings (SSSR count). The van der Waals surface area contributed by atoms with E-state index in [9.17, 15) is 9.59 Å². The van der Waals surface area contributed by atoms with E-state index in [0.29, 0.717) is 13.1 Å². The molecule has 0 aliphatic carbocycles. The highest BCUT2D eigenvalue weighted by atomic mass is 35.5. The molecule has 1 spiro atoms. The summed E-state index contributed by atoms with van der Waals surface area (Å²) in [5.41, 5.74) is -0.697. The zero-order chi connectivity index (χ0) is 15.7. The van der Waals surface area contributed by atoms with Crippen molar-refractivity contribution in [1.82, 2.24) is 10.2 Å². The van der Waals surface area contributed by atoms with Crippen LogP contribution in [0.25, 0.3) is 0 Å². The predicted molar refractivity (Wildman–Crippen MR) is 85.1 cm³/mol. The Balaban J connectivity index is 0.00000242. The fraction of sp³-hybridized carbons (Fsp3) is 0.867. The number of methoxy groups -OCH3 is 1. The minimum Gasteiger partial charge on any atom is -0.469 e. The van der Waals surface area contributed by atoms with Crippen LogP contribution in [-0.2, 0) is 14.3 Å². The van der Waals surface area contributed by atoms with Crippen molar-refractivity contribution in [2.45, 2.75) is 39.2 Å². The van der Waals surface area contributed by atoms with Crippen LogP contribution in [0.2, 0.25) is 0 Å². The summed E-state index contributed by atoms with van der Waals surface area (Å²) in [6.45, 7) is 8.24. The summed E-state index contributed by atoms with van der Waals surface area (Å²) < 4.78 is 10.4. The molecule has 2 fully saturated rings. The van der Waals surface area contributed by atoms with Gasteiger partial charge < -0.3 is 19.7 Å². The number of amides is 1. The smallest absolute Gasteiger partial charge is 0.410 e. The minimum absolute atomic E-state index is 0. The second-order valence-electron chi connectivity index (χ2n) is 7.05. The predicted octanol–water partition coefficient (Wildman–Crippen LogP) is 1.82. The molecule has 1 amide bonds. The number of rotatable bonds is 1. The third-order valence-corrected chi connectivity index (χ3v) is 4.38. The SMILES string of the molecule is COC(=O)C1CN(C(=O)OC(C)(C)C)CC12CCNCC2.Cl. The Hall–Kier alpha value is -1.01. The molecule has 1 atom stereocenters. The first-order valence-electron chi connectivity index (χ1n) is 7.54. The van der Waals surface area contributed by atoms with Gasteiger partial charge >= 0.3 is 12.1 Å². The van der Waals surface area contributed by atoms with Crippen molar-refractivity contribution in [2.75, 3.05) is 33.3 Å². The molecule has 2 aliphatic heterocycles. The normalized spacial score (nSPS) is 23.8. The maximum absolute atomic E-state index is 12.3. The number of halogens is 1. The molecule has 6 nitrogen and oxygen atoms in total. The van der Waals surface area contributed by atoms with Gasteiger partial charge in [0, 0.05) is 18.5 Å². The van der Waals surface area contributed by atoms with Crippen LogP contribution in [0.4, 0.5) is 4.79 Å². The second kappa shape index (κ2) is 7.04. The molecule has 1 N–H and O–H groups in total. The van der Waals surface area contributed by atoms with Gasteiger partial charge in [-0.1, -0.05) is 0 Å². The summed E-state index contributed by atoms with van der Waals surface area (Å²) in [4.78, 5) is 26.1. The first-order valence-corrected chi connectivity index (χ1v) is 7.54. The number of hydrogen-bond donors (Lipinski definition) is 1. The fourth-order valence-corrected chi connectivity index (χ4v) is 3.33. The summed E-state index contributed by atoms with van der Waals surface area (Å²) in [7, 11) is 1.41. The lowest BCUT2D eigenvalue weighted by molar-refractivity contribution is -0.149. The molecule has 7 heteroatoms. The van der Waals surface area contributed by atoms with E-state index in [1.165, 1.54) is 7.11 Å². The zero-order valence-electron chi connectivity index (χ0n) is 13.8. The molecule has 0 aromatic carbocycles. The largest absolute Gasteiger partial charge is 0.469 e. The number of esters is 1. The average Bonchev–Trinajstić information content (AvgIpc) is 2.76. The van der Waals surface area contributed by atoms with Crippen LogP contribution in [0.1, 0.15) is 33.6 Å². The Morgan fingerprint density at radius 3 is 2.32 bits per heavy atom. The molecule has 0 saturated carbocycles. The van der Waals surface area contributed by atoms with E-state index >= 15 is 0 Å². The van der Waals surface area contributed by atoms with Crippen LogP contribution in [-0.4, -0.2) is 55.9 Å². The van der Waals surface area contributed by atoms with E-state index in [1.54, 1.807) is 4.90 Å². The highest BCUT2D eigenvalue weighted by Crippen LogP contribution is 2.44. The van der Waals surface area contributed by atoms with Gasteiger partial charge in [-0.25, -0.2) is 4.79 Å². The first-order chi connectivity index (χ1) is 9.77. The number of likely N-dealkylation sites (tertiary alicyclic amines) is 1. The fourth-order valence-electron chi connectivity index (χ4n) is 3.33. The molecule has 22 heavy (non-hydrogen) atoms. The number of carbonyl (C=O) groups excluding carboxylic acids is 2. The molecule has 1 unspecified atom stereocenters. The quantitative estimate of drug-likeness (QED) is 0.741. The summed E-state index contributed by atoms with van der Waals surface area (Å²) in [6.07, 6.45) is 1.42. The van der Waals surface area contributed by atoms with Crippen LogP contribution in [0.15, 0.2) is 0 Å². The van der Waals surface area contributed by atoms with Gasteiger partial charge in [0.2, 0.25) is 0 Å². The zero-order valence-corrected chi connectivity index (χ0v) is 14.6. The van der Waals surface area contributed by atoms with Gasteiger partial charge in [-0.15, -0.1) is 12.4 Å². The van der Waals surface area contributed by atoms with Crippen molar-refractivity contribution in [3.8, 4) is 0 Å². The Labute approximate surface area is 138 Å². The van der Waals surface area contributed by atoms with Crippen LogP contribution in [0.5, 0.6) is 0 Å². The Morgan fingerprint density at radius 2 is 1.82 bits per heavy atom. The number of nitrogens with zero attached hydrogens (tertiary/aromatic N) is 1. The maximum Gasteiger partial charge on any atom is 0.410 e. The molecule has 128 valence electrons. The Morgan fingerprint density at radius 1 is 1.23 bits per heavy atom. The Kier molecular flexibility index (Phi) is 6.10. The van der Waals surface area contributed by atoms with E-state index < -0.39 is 5.60 Å². The number of piperidine rings is 1. The van der Waals surface area contributed by atoms with Crippen molar-refractivity contribution in [3.05, 3.63) is 0 Å². The van der Waals surface area contributed by atoms with Gasteiger partial charge in [0.1, 0.15) is 5.60 Å². The minimum atomic E-state index is -0.526. The van der Waals surface area contributed by atoms with Crippen LogP contribution in [0, 0.1) is 11.3 Å². The second-order valence-corrected chi connectivity index (χ2v) is 7.05. The van der Waals surface area contributed by atoms with E-state index in [4.69, 9.17) is 9.47 Å². The van der Waals surface area contributed by atoms with E-state index in [1.807, 2.05) is 20.8 Å². The number of nitrogens with one attached hydrogen (secondary N) is 1. The highest BCUT2D eigenvalue weighted by molar-refractivity contribution is 5.85. The van der Waals surface area contributed by atoms with Crippen LogP contribution in [0.3, 0.4) is 0 Å². The molecule has 0 aromatic heterocycles. The van der Waals surface area contributed by atoms with Crippen molar-refractivity contribution in [2.24, 2.45) is 11.3 Å². The first kappa shape index (κ1) is 19.0. The third kappa shape index (κ3) is 4.04. The molecular formula is C15H27ClN2O4. The lowest BCUT2D eigenvalue weighted by Gasteiger charge is -2.37. The number of hydrogen-bond acceptors (Lipinski definition) is 5. The molecular weight excluding hydrogens is 308 g/mol. The number of ether oxygens (including phenoxy) is 2. The van der Waals surface area contributed by atoms with Crippen molar-refractivity contribution in [3.63, 3.8) is 0 Å². The molecule has 0 radical (unpaired) electrons. The Bertz CT molecular complexity index is 416. The van der Waals surface area contributed by atoms with Crippen molar-refractivity contribution in [1.29, 1.82) is 0 Å². The topological polar surface area (TPSA) is 67.9 Å². The van der Waals surface area contributed by atoms with Crippen LogP contribution < -0.4 is 5.32 Å². The lowest BCUT2D eigenvalue weighted by Crippen LogP contribution is -2.44. The maximum atomic E-state index is 12.3. The molecule has 2 saturated heterocycles. The van der Waals surface area contributed by atoms with E-state index in [2.05, 4.69) is 5.32 Å². The third-order valence-electron chi connectivity index (χ3n) is 4.38. The average molecular weight is 335 g/mol. The summed E-state index contributed by atoms with van der Waals surface area (Å²) in [5.74, 6) is -0.472. The highest BCUT2D eigenvalue weighted by Gasteiger charge is 2.52. The molecule has 2 heterocycles. The number of carbonyl (C=O) groups is 2. The summed E-state index contributed by atoms with van der Waals surface area (Å²) in [5, 5.41) is 3.31. The van der Waals surface area contributed by atoms with Crippen molar-refractivity contribution >= 4 is 24.5 Å². The van der Waals surface area contributed by atoms with E-state index in [0.717, 1.165) is 25.9 Å². The molecule has 0 bridgehead atoms. The monoisotopic (exact) mass is 334 g/mol. The van der Waals surface area contributed by atoms with Gasteiger partial charge in [-0.05, 0) is 46.7 Å². The van der Waals surface area contributed by atoms with Gasteiger partial charge in [0.15, 0.2) is 0 Å². The standard InChI is InChI=1S/C15H26N2O4.ClH/c1-14(2,3)21-13(19)17-9-11(12(18)20-4)15(10-17)5-7-16-8-6-15;/h11,16H,5-10H2,1-4H3;1H. The van der Waals surface area contributed by atoms with Gasteiger partial charge in [-0.3, -0.25) is 4.79 Å².